The molecule has 0 unspecified atom stereocenters. The predicted octanol–water partition coefficient (Wildman–Crippen LogP) is 3.57. The van der Waals surface area contributed by atoms with Crippen molar-refractivity contribution >= 4 is 12.0 Å². The van der Waals surface area contributed by atoms with E-state index in [9.17, 15) is 18.0 Å². The van der Waals surface area contributed by atoms with Crippen LogP contribution in [0.5, 0.6) is 0 Å². The van der Waals surface area contributed by atoms with Crippen molar-refractivity contribution in [2.75, 3.05) is 13.6 Å². The number of alkyl halides is 3. The van der Waals surface area contributed by atoms with E-state index in [-0.39, 0.29) is 18.5 Å². The van der Waals surface area contributed by atoms with Crippen LogP contribution in [0.15, 0.2) is 36.0 Å². The quantitative estimate of drug-likeness (QED) is 0.656. The molecule has 1 amide bonds. The fourth-order valence-corrected chi connectivity index (χ4v) is 3.86. The van der Waals surface area contributed by atoms with E-state index in [0.717, 1.165) is 37.1 Å². The number of likely N-dealkylation sites (N-methyl/N-ethyl adjacent to an activating group) is 1. The smallest absolute Gasteiger partial charge is 0.390 e. The van der Waals surface area contributed by atoms with Crippen LogP contribution in [-0.4, -0.2) is 50.6 Å². The van der Waals surface area contributed by atoms with Gasteiger partial charge in [-0.3, -0.25) is 4.79 Å². The first-order valence-electron chi connectivity index (χ1n) is 10.5. The molecule has 0 saturated carbocycles. The van der Waals surface area contributed by atoms with Gasteiger partial charge in [-0.15, -0.1) is 10.2 Å². The number of benzene rings is 1. The molecule has 7 nitrogen and oxygen atoms in total. The topological polar surface area (TPSA) is 75.9 Å². The Morgan fingerprint density at radius 2 is 2.12 bits per heavy atom. The van der Waals surface area contributed by atoms with E-state index < -0.39 is 11.7 Å². The second kappa shape index (κ2) is 9.97. The predicted molar refractivity (Wildman–Crippen MR) is 114 cm³/mol. The number of rotatable bonds is 7. The fourth-order valence-electron chi connectivity index (χ4n) is 3.86. The van der Waals surface area contributed by atoms with Crippen LogP contribution in [0.4, 0.5) is 13.2 Å². The molecule has 0 radical (unpaired) electrons. The van der Waals surface area contributed by atoms with Crippen LogP contribution in [-0.2, 0) is 17.5 Å². The highest BCUT2D eigenvalue weighted by Crippen LogP contribution is 2.31. The first kappa shape index (κ1) is 23.5. The summed E-state index contributed by atoms with van der Waals surface area (Å²) in [6, 6.07) is 3.41. The summed E-state index contributed by atoms with van der Waals surface area (Å²) < 4.78 is 39.7. The number of likely N-dealkylation sites (tertiary alicyclic amines) is 1. The lowest BCUT2D eigenvalue weighted by Crippen LogP contribution is -2.38. The van der Waals surface area contributed by atoms with Crippen LogP contribution in [0.3, 0.4) is 0 Å². The van der Waals surface area contributed by atoms with Crippen LogP contribution in [0, 0.1) is 6.92 Å². The molecular weight excluding hydrogens is 421 g/mol. The highest BCUT2D eigenvalue weighted by atomic mass is 19.4. The van der Waals surface area contributed by atoms with Gasteiger partial charge in [-0.25, -0.2) is 0 Å². The molecule has 0 spiro atoms. The Balaban J connectivity index is 1.86. The van der Waals surface area contributed by atoms with Crippen LogP contribution in [0.1, 0.15) is 48.7 Å². The molecule has 10 heteroatoms. The Hall–Kier alpha value is -3.17. The minimum absolute atomic E-state index is 0.00804. The maximum absolute atomic E-state index is 13.2. The fraction of sp³-hybridized carbons (Fsp3) is 0.455. The number of halogens is 3. The molecule has 2 aromatic rings. The Labute approximate surface area is 185 Å². The van der Waals surface area contributed by atoms with Gasteiger partial charge in [0, 0.05) is 25.4 Å². The van der Waals surface area contributed by atoms with Gasteiger partial charge in [0.1, 0.15) is 0 Å². The number of nitrogens with zero attached hydrogens (tertiary/aromatic N) is 5. The molecule has 0 bridgehead atoms. The second-order valence-electron chi connectivity index (χ2n) is 7.62. The normalized spacial score (nSPS) is 17.4. The maximum atomic E-state index is 13.2. The number of carbonyl (C=O) groups excluding carboxylic acids is 1. The summed E-state index contributed by atoms with van der Waals surface area (Å²) in [6.45, 7) is 4.33. The Morgan fingerprint density at radius 1 is 1.34 bits per heavy atom. The van der Waals surface area contributed by atoms with Crippen molar-refractivity contribution in [3.63, 3.8) is 0 Å². The standard InChI is InChI=1S/C22H27F3N6O/c1-4-6-19(26-3)20-7-5-12-30(20)21(32)11-9-16-8-10-18(22(23,24)25)13-17(16)14-31-28-15(2)27-29-31/h6,8-11,13,20,26H,4-5,7,12,14H2,1-3H3/b11-9+,19-6-/t20-/m0/s1. The lowest BCUT2D eigenvalue weighted by molar-refractivity contribution is -0.137. The van der Waals surface area contributed by atoms with Gasteiger partial charge in [-0.1, -0.05) is 19.1 Å². The van der Waals surface area contributed by atoms with Crippen molar-refractivity contribution in [1.29, 1.82) is 0 Å². The molecule has 1 aromatic carbocycles. The van der Waals surface area contributed by atoms with E-state index >= 15 is 0 Å². The zero-order valence-corrected chi connectivity index (χ0v) is 18.4. The lowest BCUT2D eigenvalue weighted by atomic mass is 10.0. The molecule has 1 aromatic heterocycles. The van der Waals surface area contributed by atoms with Crippen molar-refractivity contribution < 1.29 is 18.0 Å². The average molecular weight is 448 g/mol. The summed E-state index contributed by atoms with van der Waals surface area (Å²) in [7, 11) is 1.84. The van der Waals surface area contributed by atoms with E-state index in [0.29, 0.717) is 23.5 Å². The third-order valence-corrected chi connectivity index (χ3v) is 5.35. The first-order valence-corrected chi connectivity index (χ1v) is 10.5. The minimum Gasteiger partial charge on any atom is -0.390 e. The van der Waals surface area contributed by atoms with Crippen LogP contribution < -0.4 is 5.32 Å². The molecule has 3 rings (SSSR count). The largest absolute Gasteiger partial charge is 0.416 e. The van der Waals surface area contributed by atoms with E-state index in [1.54, 1.807) is 17.9 Å². The Kier molecular flexibility index (Phi) is 7.32. The molecule has 1 fully saturated rings. The van der Waals surface area contributed by atoms with Crippen LogP contribution in [0.2, 0.25) is 0 Å². The van der Waals surface area contributed by atoms with Crippen molar-refractivity contribution in [3.8, 4) is 0 Å². The number of aryl methyl sites for hydroxylation is 1. The van der Waals surface area contributed by atoms with Gasteiger partial charge in [0.2, 0.25) is 5.91 Å². The zero-order valence-electron chi connectivity index (χ0n) is 18.4. The van der Waals surface area contributed by atoms with E-state index in [1.165, 1.54) is 16.9 Å². The summed E-state index contributed by atoms with van der Waals surface area (Å²) in [5.74, 6) is 0.245. The monoisotopic (exact) mass is 448 g/mol. The number of nitrogens with one attached hydrogen (secondary N) is 1. The van der Waals surface area contributed by atoms with Crippen molar-refractivity contribution in [1.82, 2.24) is 30.4 Å². The second-order valence-corrected chi connectivity index (χ2v) is 7.62. The van der Waals surface area contributed by atoms with Crippen molar-refractivity contribution in [3.05, 3.63) is 58.6 Å². The number of carbonyl (C=O) groups is 1. The van der Waals surface area contributed by atoms with Crippen molar-refractivity contribution in [2.45, 2.75) is 51.9 Å². The van der Waals surface area contributed by atoms with Gasteiger partial charge in [-0.05, 0) is 60.7 Å². The summed E-state index contributed by atoms with van der Waals surface area (Å²) in [5.41, 5.74) is 1.08. The van der Waals surface area contributed by atoms with Crippen LogP contribution in [0.25, 0.3) is 6.08 Å². The molecule has 172 valence electrons. The van der Waals surface area contributed by atoms with Gasteiger partial charge < -0.3 is 10.2 Å². The van der Waals surface area contributed by atoms with E-state index in [2.05, 4.69) is 26.8 Å². The Bertz CT molecular complexity index is 1010. The number of allylic oxidation sites excluding steroid dienone is 1. The summed E-state index contributed by atoms with van der Waals surface area (Å²) in [4.78, 5) is 15.9. The summed E-state index contributed by atoms with van der Waals surface area (Å²) in [5, 5.41) is 14.8. The van der Waals surface area contributed by atoms with Gasteiger partial charge in [0.15, 0.2) is 5.82 Å². The highest BCUT2D eigenvalue weighted by Gasteiger charge is 2.31. The van der Waals surface area contributed by atoms with Gasteiger partial charge >= 0.3 is 6.18 Å². The van der Waals surface area contributed by atoms with Crippen LogP contribution >= 0.6 is 0 Å². The minimum atomic E-state index is -4.48. The number of hydrogen-bond acceptors (Lipinski definition) is 5. The number of amides is 1. The molecule has 1 saturated heterocycles. The molecular formula is C22H27F3N6O. The summed E-state index contributed by atoms with van der Waals surface area (Å²) >= 11 is 0. The molecule has 32 heavy (non-hydrogen) atoms. The molecule has 1 aliphatic rings. The Morgan fingerprint density at radius 3 is 2.75 bits per heavy atom. The van der Waals surface area contributed by atoms with E-state index in [4.69, 9.17) is 0 Å². The van der Waals surface area contributed by atoms with Crippen molar-refractivity contribution in [2.24, 2.45) is 0 Å². The third kappa shape index (κ3) is 5.54. The molecule has 1 atom stereocenters. The first-order chi connectivity index (χ1) is 15.2. The number of aromatic nitrogens is 4. The number of tetrazole rings is 1. The van der Waals surface area contributed by atoms with Gasteiger partial charge in [0.25, 0.3) is 0 Å². The molecule has 1 aliphatic heterocycles. The highest BCUT2D eigenvalue weighted by molar-refractivity contribution is 5.92. The average Bonchev–Trinajstić information content (AvgIpc) is 3.39. The zero-order chi connectivity index (χ0) is 23.3. The van der Waals surface area contributed by atoms with E-state index in [1.807, 2.05) is 14.0 Å². The lowest BCUT2D eigenvalue weighted by Gasteiger charge is -2.26. The SMILES string of the molecule is CC/C=C(\NC)[C@@H]1CCCN1C(=O)/C=C/c1ccc(C(F)(F)F)cc1Cn1nnc(C)n1. The van der Waals surface area contributed by atoms with Gasteiger partial charge in [-0.2, -0.15) is 18.0 Å². The molecule has 2 heterocycles. The summed E-state index contributed by atoms with van der Waals surface area (Å²) in [6.07, 6.45) is 3.20. The molecule has 1 N–H and O–H groups in total. The molecule has 0 aliphatic carbocycles. The maximum Gasteiger partial charge on any atom is 0.416 e. The third-order valence-electron chi connectivity index (χ3n) is 5.35. The van der Waals surface area contributed by atoms with Gasteiger partial charge in [0.05, 0.1) is 18.2 Å². The number of hydrogen-bond donors (Lipinski definition) is 1.